The zero-order chi connectivity index (χ0) is 14.1. The molecule has 0 saturated heterocycles. The lowest BCUT2D eigenvalue weighted by Crippen LogP contribution is -2.19. The number of hydrogen-bond acceptors (Lipinski definition) is 4. The fraction of sp³-hybridized carbons (Fsp3) is 0.667. The summed E-state index contributed by atoms with van der Waals surface area (Å²) >= 11 is 0. The summed E-state index contributed by atoms with van der Waals surface area (Å²) in [5.74, 6) is 2.25. The summed E-state index contributed by atoms with van der Waals surface area (Å²) in [6.07, 6.45) is 5.36. The quantitative estimate of drug-likeness (QED) is 0.720. The Bertz CT molecular complexity index is 349. The maximum absolute atomic E-state index is 5.75. The second-order valence-corrected chi connectivity index (χ2v) is 5.13. The molecule has 4 heteroatoms. The monoisotopic (exact) mass is 265 g/mol. The van der Waals surface area contributed by atoms with Crippen molar-refractivity contribution in [2.75, 3.05) is 18.4 Å². The second kappa shape index (κ2) is 8.75. The van der Waals surface area contributed by atoms with Crippen molar-refractivity contribution in [1.29, 1.82) is 0 Å². The van der Waals surface area contributed by atoms with Crippen molar-refractivity contribution < 1.29 is 4.74 Å². The van der Waals surface area contributed by atoms with Crippen LogP contribution in [0.2, 0.25) is 0 Å². The summed E-state index contributed by atoms with van der Waals surface area (Å²) in [5.41, 5.74) is 5.66. The van der Waals surface area contributed by atoms with Gasteiger partial charge in [-0.15, -0.1) is 0 Å². The van der Waals surface area contributed by atoms with Crippen molar-refractivity contribution >= 4 is 5.82 Å². The summed E-state index contributed by atoms with van der Waals surface area (Å²) < 4.78 is 5.75. The smallest absolute Gasteiger partial charge is 0.168 e. The average Bonchev–Trinajstić information content (AvgIpc) is 2.37. The van der Waals surface area contributed by atoms with Crippen LogP contribution in [-0.4, -0.2) is 24.2 Å². The molecule has 1 unspecified atom stereocenters. The van der Waals surface area contributed by atoms with Crippen molar-refractivity contribution in [1.82, 2.24) is 4.98 Å². The molecule has 0 spiro atoms. The van der Waals surface area contributed by atoms with Gasteiger partial charge < -0.3 is 15.8 Å². The summed E-state index contributed by atoms with van der Waals surface area (Å²) in [4.78, 5) is 4.36. The first-order valence-corrected chi connectivity index (χ1v) is 7.23. The Labute approximate surface area is 116 Å². The van der Waals surface area contributed by atoms with Crippen molar-refractivity contribution in [2.24, 2.45) is 11.7 Å². The molecule has 3 N–H and O–H groups in total. The molecule has 19 heavy (non-hydrogen) atoms. The summed E-state index contributed by atoms with van der Waals surface area (Å²) in [5, 5.41) is 3.40. The number of rotatable bonds is 9. The zero-order valence-electron chi connectivity index (χ0n) is 12.4. The van der Waals surface area contributed by atoms with E-state index in [0.717, 1.165) is 31.1 Å². The number of ether oxygens (including phenoxy) is 1. The number of nitrogens with two attached hydrogens (primary N) is 1. The molecule has 1 aromatic heterocycles. The molecule has 0 aliphatic carbocycles. The van der Waals surface area contributed by atoms with E-state index in [-0.39, 0.29) is 6.10 Å². The Kier molecular flexibility index (Phi) is 7.26. The normalized spacial score (nSPS) is 12.5. The number of anilines is 1. The van der Waals surface area contributed by atoms with E-state index in [2.05, 4.69) is 17.2 Å². The highest BCUT2D eigenvalue weighted by molar-refractivity contribution is 5.49. The maximum Gasteiger partial charge on any atom is 0.168 e. The fourth-order valence-corrected chi connectivity index (χ4v) is 2.11. The zero-order valence-corrected chi connectivity index (χ0v) is 12.4. The lowest BCUT2D eigenvalue weighted by atomic mass is 10.00. The third-order valence-electron chi connectivity index (χ3n) is 2.96. The average molecular weight is 265 g/mol. The Morgan fingerprint density at radius 1 is 1.37 bits per heavy atom. The number of aromatic nitrogens is 1. The van der Waals surface area contributed by atoms with Crippen molar-refractivity contribution in [3.63, 3.8) is 0 Å². The molecule has 0 amide bonds. The molecule has 0 bridgehead atoms. The van der Waals surface area contributed by atoms with Gasteiger partial charge in [0.25, 0.3) is 0 Å². The fourth-order valence-electron chi connectivity index (χ4n) is 2.11. The Morgan fingerprint density at radius 3 is 2.79 bits per heavy atom. The molecule has 1 heterocycles. The van der Waals surface area contributed by atoms with Crippen LogP contribution < -0.4 is 15.8 Å². The standard InChI is InChI=1S/C15H27N3O/c1-4-6-13(8-9-16)11-18-15-14(19-12(2)3)7-5-10-17-15/h5,7,10,12-13H,4,6,8-9,11,16H2,1-3H3,(H,17,18). The van der Waals surface area contributed by atoms with Crippen molar-refractivity contribution in [3.05, 3.63) is 18.3 Å². The minimum atomic E-state index is 0.153. The topological polar surface area (TPSA) is 60.2 Å². The molecular formula is C15H27N3O. The lowest BCUT2D eigenvalue weighted by molar-refractivity contribution is 0.242. The predicted octanol–water partition coefficient (Wildman–Crippen LogP) is 3.05. The van der Waals surface area contributed by atoms with E-state index in [1.807, 2.05) is 26.0 Å². The third-order valence-corrected chi connectivity index (χ3v) is 2.96. The first kappa shape index (κ1) is 15.8. The second-order valence-electron chi connectivity index (χ2n) is 5.13. The van der Waals surface area contributed by atoms with Gasteiger partial charge in [-0.25, -0.2) is 4.98 Å². The molecule has 0 aliphatic heterocycles. The minimum Gasteiger partial charge on any atom is -0.487 e. The van der Waals surface area contributed by atoms with Crippen LogP contribution in [0.25, 0.3) is 0 Å². The van der Waals surface area contributed by atoms with Gasteiger partial charge in [0, 0.05) is 12.7 Å². The van der Waals surface area contributed by atoms with Gasteiger partial charge in [0.1, 0.15) is 0 Å². The SMILES string of the molecule is CCCC(CCN)CNc1ncccc1OC(C)C. The summed E-state index contributed by atoms with van der Waals surface area (Å²) in [6, 6.07) is 3.85. The molecule has 0 radical (unpaired) electrons. The first-order chi connectivity index (χ1) is 9.17. The maximum atomic E-state index is 5.75. The van der Waals surface area contributed by atoms with Crippen LogP contribution in [0.15, 0.2) is 18.3 Å². The molecule has 4 nitrogen and oxygen atoms in total. The van der Waals surface area contributed by atoms with Crippen LogP contribution in [0, 0.1) is 5.92 Å². The van der Waals surface area contributed by atoms with E-state index in [1.54, 1.807) is 6.20 Å². The van der Waals surface area contributed by atoms with Crippen LogP contribution in [0.3, 0.4) is 0 Å². The number of nitrogens with zero attached hydrogens (tertiary/aromatic N) is 1. The highest BCUT2D eigenvalue weighted by atomic mass is 16.5. The molecule has 0 aromatic carbocycles. The Balaban J connectivity index is 2.59. The highest BCUT2D eigenvalue weighted by Crippen LogP contribution is 2.23. The Hall–Kier alpha value is -1.29. The van der Waals surface area contributed by atoms with Crippen molar-refractivity contribution in [2.45, 2.75) is 46.1 Å². The van der Waals surface area contributed by atoms with Gasteiger partial charge in [-0.3, -0.25) is 0 Å². The summed E-state index contributed by atoms with van der Waals surface area (Å²) in [7, 11) is 0. The van der Waals surface area contributed by atoms with Crippen LogP contribution in [0.4, 0.5) is 5.82 Å². The van der Waals surface area contributed by atoms with Gasteiger partial charge in [0.2, 0.25) is 0 Å². The van der Waals surface area contributed by atoms with E-state index in [1.165, 1.54) is 12.8 Å². The number of pyridine rings is 1. The molecule has 0 saturated carbocycles. The largest absolute Gasteiger partial charge is 0.487 e. The van der Waals surface area contributed by atoms with E-state index in [0.29, 0.717) is 5.92 Å². The summed E-state index contributed by atoms with van der Waals surface area (Å²) in [6.45, 7) is 7.88. The van der Waals surface area contributed by atoms with Gasteiger partial charge in [-0.2, -0.15) is 0 Å². The van der Waals surface area contributed by atoms with E-state index < -0.39 is 0 Å². The first-order valence-electron chi connectivity index (χ1n) is 7.23. The number of nitrogens with one attached hydrogen (secondary N) is 1. The predicted molar refractivity (Wildman–Crippen MR) is 80.6 cm³/mol. The van der Waals surface area contributed by atoms with Crippen LogP contribution >= 0.6 is 0 Å². The van der Waals surface area contributed by atoms with Gasteiger partial charge in [0.15, 0.2) is 11.6 Å². The molecule has 0 fully saturated rings. The number of hydrogen-bond donors (Lipinski definition) is 2. The van der Waals surface area contributed by atoms with Gasteiger partial charge >= 0.3 is 0 Å². The van der Waals surface area contributed by atoms with Crippen LogP contribution in [0.1, 0.15) is 40.0 Å². The molecular weight excluding hydrogens is 238 g/mol. The highest BCUT2D eigenvalue weighted by Gasteiger charge is 2.10. The molecule has 1 rings (SSSR count). The lowest BCUT2D eigenvalue weighted by Gasteiger charge is -2.18. The van der Waals surface area contributed by atoms with Gasteiger partial charge in [0.05, 0.1) is 6.10 Å². The van der Waals surface area contributed by atoms with E-state index in [9.17, 15) is 0 Å². The van der Waals surface area contributed by atoms with Crippen molar-refractivity contribution in [3.8, 4) is 5.75 Å². The molecule has 108 valence electrons. The van der Waals surface area contributed by atoms with Gasteiger partial charge in [-0.1, -0.05) is 13.3 Å². The van der Waals surface area contributed by atoms with E-state index in [4.69, 9.17) is 10.5 Å². The van der Waals surface area contributed by atoms with Crippen LogP contribution in [0.5, 0.6) is 5.75 Å². The van der Waals surface area contributed by atoms with Gasteiger partial charge in [-0.05, 0) is 51.3 Å². The Morgan fingerprint density at radius 2 is 2.16 bits per heavy atom. The third kappa shape index (κ3) is 5.92. The molecule has 0 aliphatic rings. The molecule has 1 aromatic rings. The van der Waals surface area contributed by atoms with Crippen LogP contribution in [-0.2, 0) is 0 Å². The minimum absolute atomic E-state index is 0.153. The van der Waals surface area contributed by atoms with E-state index >= 15 is 0 Å². The molecule has 1 atom stereocenters.